The fourth-order valence-corrected chi connectivity index (χ4v) is 3.01. The molecule has 86 valence electrons. The molecule has 0 aliphatic heterocycles. The first-order chi connectivity index (χ1) is 7.33. The van der Waals surface area contributed by atoms with Crippen molar-refractivity contribution in [3.8, 4) is 5.75 Å². The van der Waals surface area contributed by atoms with Crippen LogP contribution in [0.15, 0.2) is 22.7 Å². The highest BCUT2D eigenvalue weighted by Gasteiger charge is 2.68. The van der Waals surface area contributed by atoms with Crippen LogP contribution >= 0.6 is 15.9 Å². The summed E-state index contributed by atoms with van der Waals surface area (Å²) in [6.07, 6.45) is 0.595. The predicted molar refractivity (Wildman–Crippen MR) is 63.5 cm³/mol. The lowest BCUT2D eigenvalue weighted by Crippen LogP contribution is -2.25. The Bertz CT molecular complexity index is 467. The van der Waals surface area contributed by atoms with Crippen LogP contribution in [0.3, 0.4) is 0 Å². The summed E-state index contributed by atoms with van der Waals surface area (Å²) < 4.78 is 0.489. The third-order valence-electron chi connectivity index (χ3n) is 3.54. The zero-order valence-corrected chi connectivity index (χ0v) is 10.7. The summed E-state index contributed by atoms with van der Waals surface area (Å²) in [5, 5.41) is 19.0. The van der Waals surface area contributed by atoms with E-state index in [0.717, 1.165) is 0 Å². The van der Waals surface area contributed by atoms with Crippen molar-refractivity contribution in [2.75, 3.05) is 0 Å². The van der Waals surface area contributed by atoms with E-state index in [1.54, 1.807) is 18.2 Å². The van der Waals surface area contributed by atoms with Crippen LogP contribution < -0.4 is 0 Å². The zero-order chi connectivity index (χ0) is 12.1. The Morgan fingerprint density at radius 2 is 2.00 bits per heavy atom. The summed E-state index contributed by atoms with van der Waals surface area (Å²) in [5.74, 6) is -0.746. The second kappa shape index (κ2) is 3.23. The standard InChI is InChI=1S/C12H13BrO3/c1-11(2)6-12(11,10(15)16)7-4-3-5-8(14)9(7)13/h3-5,14H,6H2,1-2H3,(H,15,16). The van der Waals surface area contributed by atoms with Gasteiger partial charge in [-0.25, -0.2) is 0 Å². The van der Waals surface area contributed by atoms with Crippen molar-refractivity contribution in [1.82, 2.24) is 0 Å². The molecule has 4 heteroatoms. The highest BCUT2D eigenvalue weighted by atomic mass is 79.9. The minimum absolute atomic E-state index is 0.0841. The largest absolute Gasteiger partial charge is 0.507 e. The lowest BCUT2D eigenvalue weighted by Gasteiger charge is -2.18. The number of hydrogen-bond donors (Lipinski definition) is 2. The number of aromatic hydroxyl groups is 1. The molecule has 1 aromatic rings. The van der Waals surface area contributed by atoms with Crippen molar-refractivity contribution < 1.29 is 15.0 Å². The molecule has 1 saturated carbocycles. The van der Waals surface area contributed by atoms with Crippen molar-refractivity contribution in [3.63, 3.8) is 0 Å². The second-order valence-electron chi connectivity index (χ2n) is 4.91. The summed E-state index contributed by atoms with van der Waals surface area (Å²) in [7, 11) is 0. The van der Waals surface area contributed by atoms with Crippen molar-refractivity contribution in [3.05, 3.63) is 28.2 Å². The summed E-state index contributed by atoms with van der Waals surface area (Å²) >= 11 is 3.26. The van der Waals surface area contributed by atoms with Gasteiger partial charge in [0.1, 0.15) is 5.75 Å². The molecule has 1 aliphatic carbocycles. The number of hydrogen-bond acceptors (Lipinski definition) is 2. The van der Waals surface area contributed by atoms with Crippen LogP contribution in [0.1, 0.15) is 25.8 Å². The third kappa shape index (κ3) is 1.29. The van der Waals surface area contributed by atoms with Gasteiger partial charge < -0.3 is 10.2 Å². The van der Waals surface area contributed by atoms with Crippen molar-refractivity contribution in [1.29, 1.82) is 0 Å². The minimum Gasteiger partial charge on any atom is -0.507 e. The van der Waals surface area contributed by atoms with E-state index < -0.39 is 11.4 Å². The fourth-order valence-electron chi connectivity index (χ4n) is 2.41. The number of carboxylic acids is 1. The molecule has 1 atom stereocenters. The number of phenolic OH excluding ortho intramolecular Hbond substituents is 1. The predicted octanol–water partition coefficient (Wildman–Crippen LogP) is 2.91. The molecule has 0 bridgehead atoms. The summed E-state index contributed by atoms with van der Waals surface area (Å²) in [5.41, 5.74) is -0.482. The lowest BCUT2D eigenvalue weighted by molar-refractivity contribution is -0.141. The number of phenols is 1. The molecule has 1 aliphatic rings. The van der Waals surface area contributed by atoms with Crippen LogP contribution in [0.25, 0.3) is 0 Å². The molecular weight excluding hydrogens is 272 g/mol. The van der Waals surface area contributed by atoms with Crippen molar-refractivity contribution in [2.45, 2.75) is 25.7 Å². The van der Waals surface area contributed by atoms with E-state index in [-0.39, 0.29) is 11.2 Å². The molecule has 2 N–H and O–H groups in total. The Morgan fingerprint density at radius 1 is 1.44 bits per heavy atom. The van der Waals surface area contributed by atoms with Gasteiger partial charge >= 0.3 is 5.97 Å². The molecule has 1 aromatic carbocycles. The molecule has 16 heavy (non-hydrogen) atoms. The molecular formula is C12H13BrO3. The molecule has 0 radical (unpaired) electrons. The number of carbonyl (C=O) groups is 1. The van der Waals surface area contributed by atoms with E-state index in [1.807, 2.05) is 13.8 Å². The average Bonchev–Trinajstić information content (AvgIpc) is 2.75. The molecule has 2 rings (SSSR count). The number of aliphatic carboxylic acids is 1. The van der Waals surface area contributed by atoms with Gasteiger partial charge in [0.2, 0.25) is 0 Å². The van der Waals surface area contributed by atoms with E-state index >= 15 is 0 Å². The average molecular weight is 285 g/mol. The van der Waals surface area contributed by atoms with Crippen LogP contribution in [0.2, 0.25) is 0 Å². The van der Waals surface area contributed by atoms with E-state index in [9.17, 15) is 15.0 Å². The monoisotopic (exact) mass is 284 g/mol. The highest BCUT2D eigenvalue weighted by molar-refractivity contribution is 9.10. The van der Waals surface area contributed by atoms with Gasteiger partial charge in [-0.2, -0.15) is 0 Å². The smallest absolute Gasteiger partial charge is 0.314 e. The maximum atomic E-state index is 11.5. The quantitative estimate of drug-likeness (QED) is 0.878. The van der Waals surface area contributed by atoms with Crippen LogP contribution in [-0.2, 0) is 10.2 Å². The van der Waals surface area contributed by atoms with Gasteiger partial charge in [0.15, 0.2) is 0 Å². The Morgan fingerprint density at radius 3 is 2.44 bits per heavy atom. The van der Waals surface area contributed by atoms with Gasteiger partial charge in [-0.3, -0.25) is 4.79 Å². The number of benzene rings is 1. The summed E-state index contributed by atoms with van der Waals surface area (Å²) in [6.45, 7) is 3.86. The van der Waals surface area contributed by atoms with E-state index in [1.165, 1.54) is 0 Å². The SMILES string of the molecule is CC1(C)CC1(C(=O)O)c1cccc(O)c1Br. The molecule has 3 nitrogen and oxygen atoms in total. The van der Waals surface area contributed by atoms with Gasteiger partial charge in [0.25, 0.3) is 0 Å². The van der Waals surface area contributed by atoms with Crippen molar-refractivity contribution in [2.24, 2.45) is 5.41 Å². The van der Waals surface area contributed by atoms with Gasteiger partial charge in [-0.15, -0.1) is 0 Å². The normalized spacial score (nSPS) is 26.4. The first kappa shape index (κ1) is 11.5. The topological polar surface area (TPSA) is 57.5 Å². The Hall–Kier alpha value is -1.03. The lowest BCUT2D eigenvalue weighted by atomic mass is 9.88. The molecule has 0 spiro atoms. The summed E-state index contributed by atoms with van der Waals surface area (Å²) in [4.78, 5) is 11.5. The first-order valence-corrected chi connectivity index (χ1v) is 5.83. The van der Waals surface area contributed by atoms with E-state index in [4.69, 9.17) is 0 Å². The molecule has 0 saturated heterocycles. The number of carboxylic acid groups (broad SMARTS) is 1. The molecule has 0 aromatic heterocycles. The highest BCUT2D eigenvalue weighted by Crippen LogP contribution is 2.65. The van der Waals surface area contributed by atoms with Gasteiger partial charge in [-0.05, 0) is 39.4 Å². The van der Waals surface area contributed by atoms with Crippen LogP contribution in [0.4, 0.5) is 0 Å². The van der Waals surface area contributed by atoms with Gasteiger partial charge in [0, 0.05) is 0 Å². The Balaban J connectivity index is 2.60. The Kier molecular flexibility index (Phi) is 2.31. The maximum absolute atomic E-state index is 11.5. The second-order valence-corrected chi connectivity index (χ2v) is 5.70. The molecule has 1 unspecified atom stereocenters. The zero-order valence-electron chi connectivity index (χ0n) is 9.12. The maximum Gasteiger partial charge on any atom is 0.314 e. The first-order valence-electron chi connectivity index (χ1n) is 5.04. The van der Waals surface area contributed by atoms with Crippen LogP contribution in [0.5, 0.6) is 5.75 Å². The molecule has 0 amide bonds. The number of rotatable bonds is 2. The van der Waals surface area contributed by atoms with Crippen molar-refractivity contribution >= 4 is 21.9 Å². The van der Waals surface area contributed by atoms with Crippen LogP contribution in [-0.4, -0.2) is 16.2 Å². The minimum atomic E-state index is -0.870. The molecule has 0 heterocycles. The third-order valence-corrected chi connectivity index (χ3v) is 4.37. The summed E-state index contributed by atoms with van der Waals surface area (Å²) in [6, 6.07) is 4.97. The molecule has 1 fully saturated rings. The van der Waals surface area contributed by atoms with Gasteiger partial charge in [-0.1, -0.05) is 26.0 Å². The van der Waals surface area contributed by atoms with Crippen LogP contribution in [0, 0.1) is 5.41 Å². The van der Waals surface area contributed by atoms with E-state index in [0.29, 0.717) is 16.5 Å². The van der Waals surface area contributed by atoms with Gasteiger partial charge in [0.05, 0.1) is 9.89 Å². The Labute approximate surface area is 102 Å². The van der Waals surface area contributed by atoms with E-state index in [2.05, 4.69) is 15.9 Å². The fraction of sp³-hybridized carbons (Fsp3) is 0.417. The number of halogens is 1.